The highest BCUT2D eigenvalue weighted by molar-refractivity contribution is 5.18. The third-order valence-corrected chi connectivity index (χ3v) is 2.49. The van der Waals surface area contributed by atoms with Crippen molar-refractivity contribution in [2.24, 2.45) is 0 Å². The van der Waals surface area contributed by atoms with Gasteiger partial charge >= 0.3 is 0 Å². The highest BCUT2D eigenvalue weighted by Crippen LogP contribution is 2.05. The van der Waals surface area contributed by atoms with Crippen molar-refractivity contribution in [3.8, 4) is 5.82 Å². The molecule has 0 aliphatic carbocycles. The second-order valence-corrected chi connectivity index (χ2v) is 5.28. The first kappa shape index (κ1) is 12.7. The molecule has 18 heavy (non-hydrogen) atoms. The predicted molar refractivity (Wildman–Crippen MR) is 70.6 cm³/mol. The molecule has 2 aromatic heterocycles. The van der Waals surface area contributed by atoms with Crippen LogP contribution in [0.2, 0.25) is 0 Å². The lowest BCUT2D eigenvalue weighted by molar-refractivity contribution is 0.429. The largest absolute Gasteiger partial charge is 0.312 e. The molecule has 0 bridgehead atoms. The standard InChI is InChI=1S/C13H19N5/c1-13(2,3)16-5-4-11-8-17-18(10-11)12-9-14-6-7-15-12/h6-10,16H,4-5H2,1-3H3. The molecular formula is C13H19N5. The molecule has 2 heterocycles. The van der Waals surface area contributed by atoms with Gasteiger partial charge < -0.3 is 5.32 Å². The molecule has 0 aliphatic heterocycles. The minimum absolute atomic E-state index is 0.154. The summed E-state index contributed by atoms with van der Waals surface area (Å²) in [6.07, 6.45) is 9.84. The van der Waals surface area contributed by atoms with Crippen LogP contribution >= 0.6 is 0 Å². The van der Waals surface area contributed by atoms with Gasteiger partial charge in [-0.1, -0.05) is 0 Å². The molecule has 5 heteroatoms. The molecule has 5 nitrogen and oxygen atoms in total. The lowest BCUT2D eigenvalue weighted by atomic mass is 10.1. The topological polar surface area (TPSA) is 55.6 Å². The van der Waals surface area contributed by atoms with Crippen LogP contribution in [0.1, 0.15) is 26.3 Å². The Kier molecular flexibility index (Phi) is 3.72. The summed E-state index contributed by atoms with van der Waals surface area (Å²) in [5.74, 6) is 0.743. The number of hydrogen-bond acceptors (Lipinski definition) is 4. The molecule has 0 unspecified atom stereocenters. The van der Waals surface area contributed by atoms with Crippen molar-refractivity contribution in [2.75, 3.05) is 6.54 Å². The molecule has 0 aliphatic rings. The maximum absolute atomic E-state index is 4.29. The first-order valence-electron chi connectivity index (χ1n) is 6.09. The van der Waals surface area contributed by atoms with Crippen LogP contribution in [0.4, 0.5) is 0 Å². The zero-order valence-electron chi connectivity index (χ0n) is 11.1. The van der Waals surface area contributed by atoms with E-state index in [2.05, 4.69) is 41.2 Å². The third kappa shape index (κ3) is 3.63. The fourth-order valence-corrected chi connectivity index (χ4v) is 1.61. The second-order valence-electron chi connectivity index (χ2n) is 5.28. The molecule has 96 valence electrons. The number of hydrogen-bond donors (Lipinski definition) is 1. The maximum Gasteiger partial charge on any atom is 0.171 e. The van der Waals surface area contributed by atoms with Crippen LogP contribution in [0.3, 0.4) is 0 Å². The average molecular weight is 245 g/mol. The molecule has 0 amide bonds. The Morgan fingerprint density at radius 3 is 2.72 bits per heavy atom. The van der Waals surface area contributed by atoms with E-state index in [4.69, 9.17) is 0 Å². The summed E-state index contributed by atoms with van der Waals surface area (Å²) in [7, 11) is 0. The van der Waals surface area contributed by atoms with E-state index in [1.807, 2.05) is 12.4 Å². The first-order chi connectivity index (χ1) is 8.54. The number of nitrogens with zero attached hydrogens (tertiary/aromatic N) is 4. The van der Waals surface area contributed by atoms with E-state index < -0.39 is 0 Å². The fourth-order valence-electron chi connectivity index (χ4n) is 1.61. The van der Waals surface area contributed by atoms with Crippen molar-refractivity contribution in [2.45, 2.75) is 32.7 Å². The lowest BCUT2D eigenvalue weighted by Crippen LogP contribution is -2.37. The van der Waals surface area contributed by atoms with E-state index in [-0.39, 0.29) is 5.54 Å². The van der Waals surface area contributed by atoms with E-state index in [0.717, 1.165) is 18.8 Å². The summed E-state index contributed by atoms with van der Waals surface area (Å²) < 4.78 is 1.75. The molecule has 0 saturated carbocycles. The van der Waals surface area contributed by atoms with Crippen LogP contribution in [0.25, 0.3) is 5.82 Å². The quantitative estimate of drug-likeness (QED) is 0.888. The first-order valence-corrected chi connectivity index (χ1v) is 6.09. The van der Waals surface area contributed by atoms with Gasteiger partial charge in [-0.3, -0.25) is 4.98 Å². The van der Waals surface area contributed by atoms with Gasteiger partial charge in [-0.05, 0) is 39.3 Å². The highest BCUT2D eigenvalue weighted by atomic mass is 15.3. The van der Waals surface area contributed by atoms with E-state index >= 15 is 0 Å². The van der Waals surface area contributed by atoms with Crippen LogP contribution in [0, 0.1) is 0 Å². The summed E-state index contributed by atoms with van der Waals surface area (Å²) in [6.45, 7) is 7.43. The van der Waals surface area contributed by atoms with Gasteiger partial charge in [-0.15, -0.1) is 0 Å². The van der Waals surface area contributed by atoms with E-state index in [0.29, 0.717) is 0 Å². The van der Waals surface area contributed by atoms with E-state index in [1.54, 1.807) is 23.3 Å². The van der Waals surface area contributed by atoms with Gasteiger partial charge in [-0.25, -0.2) is 9.67 Å². The van der Waals surface area contributed by atoms with Gasteiger partial charge in [0.25, 0.3) is 0 Å². The summed E-state index contributed by atoms with van der Waals surface area (Å²) in [5, 5.41) is 7.74. The molecule has 0 radical (unpaired) electrons. The Morgan fingerprint density at radius 2 is 2.06 bits per heavy atom. The SMILES string of the molecule is CC(C)(C)NCCc1cnn(-c2cnccn2)c1. The van der Waals surface area contributed by atoms with Gasteiger partial charge in [0.2, 0.25) is 0 Å². The Bertz CT molecular complexity index is 484. The number of aromatic nitrogens is 4. The van der Waals surface area contributed by atoms with Gasteiger partial charge in [0.05, 0.1) is 12.4 Å². The van der Waals surface area contributed by atoms with E-state index in [9.17, 15) is 0 Å². The summed E-state index contributed by atoms with van der Waals surface area (Å²) in [6, 6.07) is 0. The molecule has 0 aromatic carbocycles. The second kappa shape index (κ2) is 5.27. The summed E-state index contributed by atoms with van der Waals surface area (Å²) >= 11 is 0. The van der Waals surface area contributed by atoms with Crippen molar-refractivity contribution < 1.29 is 0 Å². The Balaban J connectivity index is 1.95. The van der Waals surface area contributed by atoms with Crippen LogP contribution in [0.5, 0.6) is 0 Å². The molecule has 1 N–H and O–H groups in total. The molecular weight excluding hydrogens is 226 g/mol. The third-order valence-electron chi connectivity index (χ3n) is 2.49. The maximum atomic E-state index is 4.29. The van der Waals surface area contributed by atoms with Crippen LogP contribution in [-0.4, -0.2) is 31.8 Å². The Morgan fingerprint density at radius 1 is 1.22 bits per heavy atom. The predicted octanol–water partition coefficient (Wildman–Crippen LogP) is 1.59. The summed E-state index contributed by atoms with van der Waals surface area (Å²) in [5.41, 5.74) is 1.35. The minimum Gasteiger partial charge on any atom is -0.312 e. The number of nitrogens with one attached hydrogen (secondary N) is 1. The highest BCUT2D eigenvalue weighted by Gasteiger charge is 2.08. The van der Waals surface area contributed by atoms with Gasteiger partial charge in [0.15, 0.2) is 5.82 Å². The lowest BCUT2D eigenvalue weighted by Gasteiger charge is -2.19. The molecule has 2 aromatic rings. The van der Waals surface area contributed by atoms with Gasteiger partial charge in [-0.2, -0.15) is 5.10 Å². The van der Waals surface area contributed by atoms with E-state index in [1.165, 1.54) is 5.56 Å². The minimum atomic E-state index is 0.154. The van der Waals surface area contributed by atoms with Crippen molar-refractivity contribution in [3.05, 3.63) is 36.5 Å². The van der Waals surface area contributed by atoms with Crippen molar-refractivity contribution in [1.29, 1.82) is 0 Å². The van der Waals surface area contributed by atoms with Gasteiger partial charge in [0, 0.05) is 24.1 Å². The van der Waals surface area contributed by atoms with Crippen molar-refractivity contribution >= 4 is 0 Å². The molecule has 0 saturated heterocycles. The van der Waals surface area contributed by atoms with Crippen LogP contribution < -0.4 is 5.32 Å². The van der Waals surface area contributed by atoms with Crippen molar-refractivity contribution in [1.82, 2.24) is 25.1 Å². The van der Waals surface area contributed by atoms with Crippen LogP contribution in [-0.2, 0) is 6.42 Å². The molecule has 2 rings (SSSR count). The van der Waals surface area contributed by atoms with Crippen molar-refractivity contribution in [3.63, 3.8) is 0 Å². The smallest absolute Gasteiger partial charge is 0.171 e. The Hall–Kier alpha value is -1.75. The molecule has 0 spiro atoms. The number of rotatable bonds is 4. The summed E-state index contributed by atoms with van der Waals surface area (Å²) in [4.78, 5) is 8.23. The zero-order chi connectivity index (χ0) is 13.0. The zero-order valence-corrected chi connectivity index (χ0v) is 11.1. The van der Waals surface area contributed by atoms with Gasteiger partial charge in [0.1, 0.15) is 0 Å². The average Bonchev–Trinajstić information content (AvgIpc) is 2.77. The Labute approximate surface area is 107 Å². The molecule has 0 fully saturated rings. The normalized spacial score (nSPS) is 11.7. The fraction of sp³-hybridized carbons (Fsp3) is 0.462. The van der Waals surface area contributed by atoms with Crippen LogP contribution in [0.15, 0.2) is 31.0 Å². The monoisotopic (exact) mass is 245 g/mol. The molecule has 0 atom stereocenters.